The van der Waals surface area contributed by atoms with Gasteiger partial charge >= 0.3 is 0 Å². The van der Waals surface area contributed by atoms with Crippen LogP contribution in [0.25, 0.3) is 17.4 Å². The minimum atomic E-state index is -0.418. The lowest BCUT2D eigenvalue weighted by atomic mass is 10.0. The highest BCUT2D eigenvalue weighted by molar-refractivity contribution is 8.26. The van der Waals surface area contributed by atoms with Crippen molar-refractivity contribution in [2.75, 3.05) is 0 Å². The predicted octanol–water partition coefficient (Wildman–Crippen LogP) is 2.32. The molecule has 3 heterocycles. The Morgan fingerprint density at radius 2 is 1.75 bits per heavy atom. The van der Waals surface area contributed by atoms with Crippen LogP contribution in [0.15, 0.2) is 39.7 Å². The number of nitrogens with one attached hydrogen (secondary N) is 2. The number of carbonyl (C=O) groups excluding carboxylic acids is 3. The molecule has 0 aliphatic carbocycles. The van der Waals surface area contributed by atoms with Crippen molar-refractivity contribution in [2.45, 2.75) is 0 Å². The fraction of sp³-hybridized carbons (Fsp3) is 0. The van der Waals surface area contributed by atoms with Gasteiger partial charge in [-0.3, -0.25) is 19.7 Å². The summed E-state index contributed by atoms with van der Waals surface area (Å²) in [5.41, 5.74) is 1.34. The van der Waals surface area contributed by atoms with E-state index in [0.29, 0.717) is 37.4 Å². The van der Waals surface area contributed by atoms with Crippen LogP contribution in [0.1, 0.15) is 26.5 Å². The zero-order valence-corrected chi connectivity index (χ0v) is 13.5. The number of thiocarbonyl (C=S) groups is 1. The fourth-order valence-corrected chi connectivity index (χ4v) is 3.48. The van der Waals surface area contributed by atoms with E-state index in [1.807, 2.05) is 0 Å². The number of amides is 3. The molecule has 1 aromatic heterocycles. The summed E-state index contributed by atoms with van der Waals surface area (Å²) in [5.74, 6) is -0.0447. The number of carbonyl (C=O) groups is 3. The van der Waals surface area contributed by atoms with Crippen LogP contribution in [0.4, 0.5) is 0 Å². The van der Waals surface area contributed by atoms with Gasteiger partial charge in [0, 0.05) is 11.6 Å². The molecule has 0 radical (unpaired) electrons. The van der Waals surface area contributed by atoms with Crippen LogP contribution in [0, 0.1) is 0 Å². The first-order valence-electron chi connectivity index (χ1n) is 6.86. The molecule has 2 N–H and O–H groups in total. The van der Waals surface area contributed by atoms with Crippen molar-refractivity contribution in [2.24, 2.45) is 0 Å². The maximum Gasteiger partial charge on any atom is 0.263 e. The molecule has 0 bridgehead atoms. The normalized spacial score (nSPS) is 18.1. The lowest BCUT2D eigenvalue weighted by Crippen LogP contribution is -2.19. The van der Waals surface area contributed by atoms with E-state index < -0.39 is 11.8 Å². The number of thioether (sulfide) groups is 1. The molecule has 1 aromatic carbocycles. The average molecular weight is 356 g/mol. The van der Waals surface area contributed by atoms with Crippen molar-refractivity contribution in [1.29, 1.82) is 0 Å². The lowest BCUT2D eigenvalue weighted by Gasteiger charge is -1.99. The predicted molar refractivity (Wildman–Crippen MR) is 92.2 cm³/mol. The zero-order valence-electron chi connectivity index (χ0n) is 11.9. The Hall–Kier alpha value is -2.71. The summed E-state index contributed by atoms with van der Waals surface area (Å²) in [6, 6.07) is 8.36. The van der Waals surface area contributed by atoms with Crippen molar-refractivity contribution in [1.82, 2.24) is 10.6 Å². The number of fused-ring (bicyclic) bond motifs is 1. The topological polar surface area (TPSA) is 88.4 Å². The van der Waals surface area contributed by atoms with Crippen LogP contribution < -0.4 is 10.6 Å². The number of rotatable bonds is 2. The van der Waals surface area contributed by atoms with Gasteiger partial charge in [0.05, 0.1) is 16.0 Å². The molecule has 8 heteroatoms. The van der Waals surface area contributed by atoms with E-state index >= 15 is 0 Å². The van der Waals surface area contributed by atoms with Crippen LogP contribution in [0.5, 0.6) is 0 Å². The molecular formula is C16H8N2O4S2. The summed E-state index contributed by atoms with van der Waals surface area (Å²) in [6.45, 7) is 0. The molecule has 0 unspecified atom stereocenters. The largest absolute Gasteiger partial charge is 0.457 e. The quantitative estimate of drug-likeness (QED) is 0.488. The molecule has 1 fully saturated rings. The van der Waals surface area contributed by atoms with Gasteiger partial charge in [0.25, 0.3) is 17.7 Å². The van der Waals surface area contributed by atoms with Crippen molar-refractivity contribution in [3.63, 3.8) is 0 Å². The molecule has 4 rings (SSSR count). The third-order valence-electron chi connectivity index (χ3n) is 3.56. The third kappa shape index (κ3) is 2.45. The lowest BCUT2D eigenvalue weighted by molar-refractivity contribution is -0.115. The zero-order chi connectivity index (χ0) is 16.8. The molecule has 0 atom stereocenters. The van der Waals surface area contributed by atoms with Gasteiger partial charge in [0.2, 0.25) is 0 Å². The smallest absolute Gasteiger partial charge is 0.263 e. The van der Waals surface area contributed by atoms with Crippen molar-refractivity contribution < 1.29 is 18.8 Å². The average Bonchev–Trinajstić information content (AvgIpc) is 3.20. The van der Waals surface area contributed by atoms with Gasteiger partial charge in [-0.2, -0.15) is 0 Å². The number of hydrogen-bond acceptors (Lipinski definition) is 6. The summed E-state index contributed by atoms with van der Waals surface area (Å²) in [5, 5.41) is 4.78. The molecule has 0 saturated carbocycles. The van der Waals surface area contributed by atoms with Crippen LogP contribution in [-0.2, 0) is 4.79 Å². The fourth-order valence-electron chi connectivity index (χ4n) is 2.46. The van der Waals surface area contributed by atoms with E-state index in [9.17, 15) is 14.4 Å². The second kappa shape index (κ2) is 5.43. The van der Waals surface area contributed by atoms with Crippen LogP contribution in [0.2, 0.25) is 0 Å². The van der Waals surface area contributed by atoms with Crippen molar-refractivity contribution in [3.05, 3.63) is 52.1 Å². The van der Waals surface area contributed by atoms with Crippen molar-refractivity contribution >= 4 is 52.1 Å². The summed E-state index contributed by atoms with van der Waals surface area (Å²) < 4.78 is 6.12. The highest BCUT2D eigenvalue weighted by atomic mass is 32.2. The standard InChI is InChI=1S/C16H8N2O4S2/c19-13-9-3-1-7(5-10(9)14(20)17-13)11-4-2-8(22-11)6-12-15(21)18-16(23)24-12/h1-6H,(H,17,19,20)(H,18,21,23). The molecule has 24 heavy (non-hydrogen) atoms. The molecule has 2 aromatic rings. The minimum Gasteiger partial charge on any atom is -0.457 e. The second-order valence-electron chi connectivity index (χ2n) is 5.10. The van der Waals surface area contributed by atoms with E-state index in [4.69, 9.17) is 16.6 Å². The van der Waals surface area contributed by atoms with E-state index in [2.05, 4.69) is 10.6 Å². The highest BCUT2D eigenvalue weighted by Crippen LogP contribution is 2.30. The number of furan rings is 1. The number of hydrogen-bond donors (Lipinski definition) is 2. The van der Waals surface area contributed by atoms with Gasteiger partial charge in [-0.25, -0.2) is 0 Å². The Kier molecular flexibility index (Phi) is 3.36. The Labute approximate surface area is 145 Å². The van der Waals surface area contributed by atoms with Crippen molar-refractivity contribution in [3.8, 4) is 11.3 Å². The van der Waals surface area contributed by atoms with Gasteiger partial charge in [-0.15, -0.1) is 0 Å². The van der Waals surface area contributed by atoms with Gasteiger partial charge in [0.1, 0.15) is 15.8 Å². The maximum absolute atomic E-state index is 11.7. The number of imide groups is 1. The molecule has 2 aliphatic rings. The molecule has 2 aliphatic heterocycles. The summed E-state index contributed by atoms with van der Waals surface area (Å²) in [4.78, 5) is 35.4. The van der Waals surface area contributed by atoms with Crippen LogP contribution >= 0.6 is 24.0 Å². The van der Waals surface area contributed by atoms with Gasteiger partial charge < -0.3 is 9.73 Å². The summed E-state index contributed by atoms with van der Waals surface area (Å²) in [6.07, 6.45) is 1.60. The first kappa shape index (κ1) is 14.9. The summed E-state index contributed by atoms with van der Waals surface area (Å²) in [7, 11) is 0. The maximum atomic E-state index is 11.7. The Bertz CT molecular complexity index is 974. The van der Waals surface area contributed by atoms with Crippen LogP contribution in [0.3, 0.4) is 0 Å². The Balaban J connectivity index is 1.67. The second-order valence-corrected chi connectivity index (χ2v) is 6.82. The van der Waals surface area contributed by atoms with Gasteiger partial charge in [-0.05, 0) is 24.3 Å². The molecule has 118 valence electrons. The minimum absolute atomic E-state index is 0.254. The molecule has 0 spiro atoms. The molecule has 3 amide bonds. The van der Waals surface area contributed by atoms with E-state index in [-0.39, 0.29) is 5.91 Å². The van der Waals surface area contributed by atoms with E-state index in [0.717, 1.165) is 0 Å². The van der Waals surface area contributed by atoms with E-state index in [1.165, 1.54) is 11.8 Å². The molecular weight excluding hydrogens is 348 g/mol. The van der Waals surface area contributed by atoms with E-state index in [1.54, 1.807) is 36.4 Å². The molecule has 6 nitrogen and oxygen atoms in total. The summed E-state index contributed by atoms with van der Waals surface area (Å²) >= 11 is 6.10. The highest BCUT2D eigenvalue weighted by Gasteiger charge is 2.27. The number of benzene rings is 1. The third-order valence-corrected chi connectivity index (χ3v) is 4.73. The van der Waals surface area contributed by atoms with Crippen LogP contribution in [-0.4, -0.2) is 22.0 Å². The first-order chi connectivity index (χ1) is 11.5. The SMILES string of the molecule is O=C1NC(=S)SC1=Cc1ccc(-c2ccc3c(c2)C(=O)NC3=O)o1. The monoisotopic (exact) mass is 356 g/mol. The Morgan fingerprint density at radius 1 is 0.958 bits per heavy atom. The first-order valence-corrected chi connectivity index (χ1v) is 8.08. The van der Waals surface area contributed by atoms with Gasteiger partial charge in [-0.1, -0.05) is 30.0 Å². The molecule has 1 saturated heterocycles. The van der Waals surface area contributed by atoms with Gasteiger partial charge in [0.15, 0.2) is 0 Å². The Morgan fingerprint density at radius 3 is 2.50 bits per heavy atom.